The molecule has 0 amide bonds. The van der Waals surface area contributed by atoms with Gasteiger partial charge in [-0.25, -0.2) is 4.68 Å². The summed E-state index contributed by atoms with van der Waals surface area (Å²) in [6.45, 7) is 0.596. The second kappa shape index (κ2) is 5.62. The van der Waals surface area contributed by atoms with Crippen LogP contribution in [-0.2, 0) is 6.42 Å². The first-order valence-electron chi connectivity index (χ1n) is 6.15. The van der Waals surface area contributed by atoms with Gasteiger partial charge in [-0.1, -0.05) is 12.1 Å². The summed E-state index contributed by atoms with van der Waals surface area (Å²) in [5, 5.41) is 4.29. The summed E-state index contributed by atoms with van der Waals surface area (Å²) >= 11 is 0. The maximum Gasteiger partial charge on any atom is 0.151 e. The molecule has 6 nitrogen and oxygen atoms in total. The molecule has 1 aromatic heterocycles. The highest BCUT2D eigenvalue weighted by Crippen LogP contribution is 2.28. The molecule has 0 saturated heterocycles. The van der Waals surface area contributed by atoms with Gasteiger partial charge in [0, 0.05) is 5.56 Å². The number of aromatic nitrogens is 2. The van der Waals surface area contributed by atoms with Gasteiger partial charge in [0.1, 0.15) is 17.3 Å². The van der Waals surface area contributed by atoms with Crippen molar-refractivity contribution in [3.8, 4) is 11.4 Å². The number of rotatable bonds is 5. The van der Waals surface area contributed by atoms with E-state index in [1.807, 2.05) is 24.3 Å². The number of hydrogen-bond acceptors (Lipinski definition) is 5. The van der Waals surface area contributed by atoms with E-state index in [2.05, 4.69) is 5.10 Å². The van der Waals surface area contributed by atoms with E-state index in [4.69, 9.17) is 21.9 Å². The average Bonchev–Trinajstić information content (AvgIpc) is 2.71. The van der Waals surface area contributed by atoms with Gasteiger partial charge < -0.3 is 21.9 Å². The third kappa shape index (κ3) is 2.48. The first-order chi connectivity index (χ1) is 9.19. The van der Waals surface area contributed by atoms with Crippen LogP contribution in [0.5, 0.6) is 5.75 Å². The monoisotopic (exact) mass is 261 g/mol. The van der Waals surface area contributed by atoms with Crippen molar-refractivity contribution in [3.05, 3.63) is 29.8 Å². The Morgan fingerprint density at radius 2 is 2.00 bits per heavy atom. The largest absolute Gasteiger partial charge is 0.494 e. The molecular formula is C13H19N5O. The highest BCUT2D eigenvalue weighted by molar-refractivity contribution is 5.60. The van der Waals surface area contributed by atoms with Crippen molar-refractivity contribution in [2.45, 2.75) is 12.8 Å². The summed E-state index contributed by atoms with van der Waals surface area (Å²) in [5.41, 5.74) is 19.2. The second-order valence-corrected chi connectivity index (χ2v) is 4.22. The Bertz CT molecular complexity index is 564. The zero-order valence-corrected chi connectivity index (χ0v) is 11.0. The van der Waals surface area contributed by atoms with Crippen LogP contribution in [0.2, 0.25) is 0 Å². The average molecular weight is 261 g/mol. The molecule has 2 rings (SSSR count). The Hall–Kier alpha value is -2.21. The molecule has 0 radical (unpaired) electrons. The van der Waals surface area contributed by atoms with Crippen LogP contribution in [0.3, 0.4) is 0 Å². The number of ether oxygens (including phenoxy) is 1. The van der Waals surface area contributed by atoms with E-state index in [0.717, 1.165) is 24.1 Å². The van der Waals surface area contributed by atoms with Gasteiger partial charge in [-0.2, -0.15) is 0 Å². The summed E-state index contributed by atoms with van der Waals surface area (Å²) in [6, 6.07) is 7.52. The summed E-state index contributed by atoms with van der Waals surface area (Å²) in [5.74, 6) is 1.68. The lowest BCUT2D eigenvalue weighted by Crippen LogP contribution is -2.06. The quantitative estimate of drug-likeness (QED) is 0.742. The Labute approximate surface area is 112 Å². The van der Waals surface area contributed by atoms with E-state index >= 15 is 0 Å². The fraction of sp³-hybridized carbons (Fsp3) is 0.308. The SMILES string of the molecule is COc1ccccc1-n1nc(N)c(CCCN)c1N. The van der Waals surface area contributed by atoms with Gasteiger partial charge in [0.15, 0.2) is 5.82 Å². The number of anilines is 2. The lowest BCUT2D eigenvalue weighted by atomic mass is 10.1. The van der Waals surface area contributed by atoms with Crippen LogP contribution in [0.1, 0.15) is 12.0 Å². The summed E-state index contributed by atoms with van der Waals surface area (Å²) in [7, 11) is 1.61. The molecule has 6 N–H and O–H groups in total. The van der Waals surface area contributed by atoms with Gasteiger partial charge in [0.25, 0.3) is 0 Å². The first-order valence-corrected chi connectivity index (χ1v) is 6.15. The Balaban J connectivity index is 2.45. The van der Waals surface area contributed by atoms with Crippen molar-refractivity contribution in [1.29, 1.82) is 0 Å². The zero-order chi connectivity index (χ0) is 13.8. The number of nitrogens with two attached hydrogens (primary N) is 3. The number of benzene rings is 1. The fourth-order valence-corrected chi connectivity index (χ4v) is 2.00. The lowest BCUT2D eigenvalue weighted by Gasteiger charge is -2.09. The molecule has 1 heterocycles. The number of methoxy groups -OCH3 is 1. The molecule has 0 aliphatic rings. The highest BCUT2D eigenvalue weighted by atomic mass is 16.5. The van der Waals surface area contributed by atoms with Crippen molar-refractivity contribution in [3.63, 3.8) is 0 Å². The van der Waals surface area contributed by atoms with Crippen LogP contribution in [0.15, 0.2) is 24.3 Å². The predicted octanol–water partition coefficient (Wildman–Crippen LogP) is 0.937. The van der Waals surface area contributed by atoms with Crippen molar-refractivity contribution in [1.82, 2.24) is 9.78 Å². The van der Waals surface area contributed by atoms with Crippen molar-refractivity contribution >= 4 is 11.6 Å². The van der Waals surface area contributed by atoms with E-state index in [-0.39, 0.29) is 0 Å². The first kappa shape index (κ1) is 13.2. The van der Waals surface area contributed by atoms with Gasteiger partial charge in [-0.3, -0.25) is 0 Å². The summed E-state index contributed by atoms with van der Waals surface area (Å²) in [4.78, 5) is 0. The highest BCUT2D eigenvalue weighted by Gasteiger charge is 2.16. The van der Waals surface area contributed by atoms with Crippen LogP contribution < -0.4 is 21.9 Å². The van der Waals surface area contributed by atoms with Crippen LogP contribution >= 0.6 is 0 Å². The van der Waals surface area contributed by atoms with Gasteiger partial charge in [-0.05, 0) is 31.5 Å². The maximum absolute atomic E-state index is 6.12. The minimum atomic E-state index is 0.442. The summed E-state index contributed by atoms with van der Waals surface area (Å²) < 4.78 is 6.92. The lowest BCUT2D eigenvalue weighted by molar-refractivity contribution is 0.412. The molecule has 0 aliphatic heterocycles. The molecule has 0 bridgehead atoms. The van der Waals surface area contributed by atoms with E-state index in [9.17, 15) is 0 Å². The van der Waals surface area contributed by atoms with Crippen molar-refractivity contribution in [2.75, 3.05) is 25.1 Å². The molecule has 0 spiro atoms. The van der Waals surface area contributed by atoms with Crippen LogP contribution in [-0.4, -0.2) is 23.4 Å². The van der Waals surface area contributed by atoms with Crippen molar-refractivity contribution in [2.24, 2.45) is 5.73 Å². The number of para-hydroxylation sites is 2. The molecular weight excluding hydrogens is 242 g/mol. The normalized spacial score (nSPS) is 10.6. The van der Waals surface area contributed by atoms with Crippen LogP contribution in [0.4, 0.5) is 11.6 Å². The van der Waals surface area contributed by atoms with Crippen LogP contribution in [0.25, 0.3) is 5.69 Å². The number of nitrogen functional groups attached to an aromatic ring is 2. The molecule has 6 heteroatoms. The maximum atomic E-state index is 6.12. The van der Waals surface area contributed by atoms with Crippen molar-refractivity contribution < 1.29 is 4.74 Å². The molecule has 0 aliphatic carbocycles. The number of hydrogen-bond donors (Lipinski definition) is 3. The number of nitrogens with zero attached hydrogens (tertiary/aromatic N) is 2. The van der Waals surface area contributed by atoms with Gasteiger partial charge in [0.2, 0.25) is 0 Å². The molecule has 19 heavy (non-hydrogen) atoms. The summed E-state index contributed by atoms with van der Waals surface area (Å²) in [6.07, 6.45) is 1.55. The van der Waals surface area contributed by atoms with E-state index in [0.29, 0.717) is 23.9 Å². The molecule has 0 unspecified atom stereocenters. The van der Waals surface area contributed by atoms with Gasteiger partial charge >= 0.3 is 0 Å². The molecule has 0 atom stereocenters. The molecule has 0 fully saturated rings. The Morgan fingerprint density at radius 1 is 1.26 bits per heavy atom. The predicted molar refractivity (Wildman–Crippen MR) is 76.3 cm³/mol. The molecule has 0 saturated carbocycles. The van der Waals surface area contributed by atoms with Gasteiger partial charge in [0.05, 0.1) is 7.11 Å². The zero-order valence-electron chi connectivity index (χ0n) is 11.0. The second-order valence-electron chi connectivity index (χ2n) is 4.22. The minimum absolute atomic E-state index is 0.442. The Kier molecular flexibility index (Phi) is 3.91. The molecule has 1 aromatic carbocycles. The molecule has 102 valence electrons. The van der Waals surface area contributed by atoms with Gasteiger partial charge in [-0.15, -0.1) is 5.10 Å². The third-order valence-corrected chi connectivity index (χ3v) is 3.00. The Morgan fingerprint density at radius 3 is 2.68 bits per heavy atom. The van der Waals surface area contributed by atoms with E-state index < -0.39 is 0 Å². The van der Waals surface area contributed by atoms with E-state index in [1.165, 1.54) is 0 Å². The van der Waals surface area contributed by atoms with E-state index in [1.54, 1.807) is 11.8 Å². The van der Waals surface area contributed by atoms with Crippen LogP contribution in [0, 0.1) is 0 Å². The topological polar surface area (TPSA) is 105 Å². The fourth-order valence-electron chi connectivity index (χ4n) is 2.00. The minimum Gasteiger partial charge on any atom is -0.494 e. The smallest absolute Gasteiger partial charge is 0.151 e. The standard InChI is InChI=1S/C13H19N5O/c1-19-11-7-3-2-6-10(11)18-13(16)9(5-4-8-14)12(15)17-18/h2-3,6-7H,4-5,8,14,16H2,1H3,(H2,15,17). The molecule has 2 aromatic rings. The third-order valence-electron chi connectivity index (χ3n) is 3.00.